The Kier molecular flexibility index (Phi) is 7.05. The van der Waals surface area contributed by atoms with Gasteiger partial charge in [-0.25, -0.2) is 5.43 Å². The Labute approximate surface area is 163 Å². The van der Waals surface area contributed by atoms with E-state index in [9.17, 15) is 18.0 Å². The maximum Gasteiger partial charge on any atom is 0.339 e. The second-order valence-corrected chi connectivity index (χ2v) is 7.16. The van der Waals surface area contributed by atoms with Gasteiger partial charge in [-0.15, -0.1) is 6.58 Å². The SMILES string of the molecule is C=CCNC(=O)C(=O)N/N=C\c1ccc(OS(=O)(=O)c2ccc(C)cc2)cc1. The summed E-state index contributed by atoms with van der Waals surface area (Å²) in [6.45, 7) is 5.44. The molecular weight excluding hydrogens is 382 g/mol. The van der Waals surface area contributed by atoms with Gasteiger partial charge in [-0.3, -0.25) is 9.59 Å². The second kappa shape index (κ2) is 9.47. The van der Waals surface area contributed by atoms with Crippen molar-refractivity contribution >= 4 is 28.1 Å². The third-order valence-electron chi connectivity index (χ3n) is 3.39. The van der Waals surface area contributed by atoms with E-state index in [2.05, 4.69) is 22.4 Å². The number of rotatable bonds is 7. The number of hydrogen-bond acceptors (Lipinski definition) is 6. The van der Waals surface area contributed by atoms with Gasteiger partial charge in [-0.2, -0.15) is 13.5 Å². The van der Waals surface area contributed by atoms with Crippen LogP contribution < -0.4 is 14.9 Å². The molecule has 0 fully saturated rings. The quantitative estimate of drug-likeness (QED) is 0.240. The summed E-state index contributed by atoms with van der Waals surface area (Å²) in [7, 11) is -3.93. The topological polar surface area (TPSA) is 114 Å². The Balaban J connectivity index is 1.96. The number of hydrogen-bond donors (Lipinski definition) is 2. The molecule has 28 heavy (non-hydrogen) atoms. The normalized spacial score (nSPS) is 11.0. The molecule has 0 heterocycles. The van der Waals surface area contributed by atoms with Crippen LogP contribution in [0.5, 0.6) is 5.75 Å². The Bertz CT molecular complexity index is 981. The Morgan fingerprint density at radius 3 is 2.32 bits per heavy atom. The summed E-state index contributed by atoms with van der Waals surface area (Å²) in [5, 5.41) is 5.97. The molecule has 9 heteroatoms. The van der Waals surface area contributed by atoms with Gasteiger partial charge in [0.05, 0.1) is 6.21 Å². The van der Waals surface area contributed by atoms with Crippen molar-refractivity contribution in [2.75, 3.05) is 6.54 Å². The van der Waals surface area contributed by atoms with Gasteiger partial charge >= 0.3 is 21.9 Å². The molecular formula is C19H19N3O5S. The average Bonchev–Trinajstić information content (AvgIpc) is 2.67. The monoisotopic (exact) mass is 401 g/mol. The molecule has 0 aliphatic carbocycles. The van der Waals surface area contributed by atoms with Gasteiger partial charge in [0.2, 0.25) is 0 Å². The molecule has 2 rings (SSSR count). The molecule has 2 aromatic rings. The van der Waals surface area contributed by atoms with Crippen LogP contribution in [0.4, 0.5) is 0 Å². The Hall–Kier alpha value is -3.46. The zero-order valence-corrected chi connectivity index (χ0v) is 15.9. The van der Waals surface area contributed by atoms with E-state index in [0.717, 1.165) is 5.56 Å². The van der Waals surface area contributed by atoms with Crippen LogP contribution in [0.25, 0.3) is 0 Å². The molecule has 2 N–H and O–H groups in total. The maximum absolute atomic E-state index is 12.2. The fourth-order valence-corrected chi connectivity index (χ4v) is 2.88. The largest absolute Gasteiger partial charge is 0.379 e. The van der Waals surface area contributed by atoms with Crippen LogP contribution in [0, 0.1) is 6.92 Å². The predicted molar refractivity (Wildman–Crippen MR) is 104 cm³/mol. The van der Waals surface area contributed by atoms with Gasteiger partial charge < -0.3 is 9.50 Å². The minimum absolute atomic E-state index is 0.0567. The molecule has 0 atom stereocenters. The minimum atomic E-state index is -3.93. The maximum atomic E-state index is 12.2. The summed E-state index contributed by atoms with van der Waals surface area (Å²) < 4.78 is 29.6. The highest BCUT2D eigenvalue weighted by atomic mass is 32.2. The van der Waals surface area contributed by atoms with Crippen LogP contribution in [0.15, 0.2) is 71.2 Å². The van der Waals surface area contributed by atoms with Crippen molar-refractivity contribution in [3.63, 3.8) is 0 Å². The molecule has 0 aliphatic heterocycles. The first-order chi connectivity index (χ1) is 13.3. The molecule has 0 saturated heterocycles. The molecule has 0 saturated carbocycles. The molecule has 0 aliphatic rings. The molecule has 0 unspecified atom stereocenters. The molecule has 0 spiro atoms. The number of hydrazone groups is 1. The van der Waals surface area contributed by atoms with Gasteiger partial charge in [0, 0.05) is 6.54 Å². The van der Waals surface area contributed by atoms with Crippen LogP contribution in [0.3, 0.4) is 0 Å². The molecule has 0 bridgehead atoms. The van der Waals surface area contributed by atoms with Crippen LogP contribution in [0.1, 0.15) is 11.1 Å². The first-order valence-corrected chi connectivity index (χ1v) is 9.56. The minimum Gasteiger partial charge on any atom is -0.379 e. The van der Waals surface area contributed by atoms with Crippen molar-refractivity contribution in [1.82, 2.24) is 10.7 Å². The summed E-state index contributed by atoms with van der Waals surface area (Å²) >= 11 is 0. The van der Waals surface area contributed by atoms with E-state index in [4.69, 9.17) is 4.18 Å². The predicted octanol–water partition coefficient (Wildman–Crippen LogP) is 1.52. The van der Waals surface area contributed by atoms with Crippen LogP contribution >= 0.6 is 0 Å². The fraction of sp³-hybridized carbons (Fsp3) is 0.105. The van der Waals surface area contributed by atoms with Crippen molar-refractivity contribution in [1.29, 1.82) is 0 Å². The smallest absolute Gasteiger partial charge is 0.339 e. The summed E-state index contributed by atoms with van der Waals surface area (Å²) in [5.74, 6) is -1.62. The zero-order chi connectivity index (χ0) is 20.6. The number of benzene rings is 2. The van der Waals surface area contributed by atoms with Crippen molar-refractivity contribution in [2.45, 2.75) is 11.8 Å². The van der Waals surface area contributed by atoms with Gasteiger partial charge in [0.25, 0.3) is 0 Å². The molecule has 0 radical (unpaired) electrons. The molecule has 2 aromatic carbocycles. The third-order valence-corrected chi connectivity index (χ3v) is 4.65. The zero-order valence-electron chi connectivity index (χ0n) is 15.1. The summed E-state index contributed by atoms with van der Waals surface area (Å²) in [6.07, 6.45) is 2.74. The lowest BCUT2D eigenvalue weighted by molar-refractivity contribution is -0.139. The van der Waals surface area contributed by atoms with Crippen LogP contribution in [-0.2, 0) is 19.7 Å². The third kappa shape index (κ3) is 6.06. The number of amides is 2. The van der Waals surface area contributed by atoms with E-state index >= 15 is 0 Å². The molecule has 8 nitrogen and oxygen atoms in total. The van der Waals surface area contributed by atoms with E-state index in [-0.39, 0.29) is 17.2 Å². The fourth-order valence-electron chi connectivity index (χ4n) is 1.95. The highest BCUT2D eigenvalue weighted by Crippen LogP contribution is 2.19. The van der Waals surface area contributed by atoms with E-state index in [1.165, 1.54) is 36.6 Å². The standard InChI is InChI=1S/C19H19N3O5S/c1-3-12-20-18(23)19(24)22-21-13-15-6-8-16(9-7-15)27-28(25,26)17-10-4-14(2)5-11-17/h3-11,13H,1,12H2,2H3,(H,20,23)(H,22,24)/b21-13-. The second-order valence-electron chi connectivity index (χ2n) is 5.62. The molecule has 0 aromatic heterocycles. The summed E-state index contributed by atoms with van der Waals surface area (Å²) in [4.78, 5) is 22.8. The van der Waals surface area contributed by atoms with Gasteiger partial charge in [-0.1, -0.05) is 23.8 Å². The molecule has 146 valence electrons. The Morgan fingerprint density at radius 1 is 1.07 bits per heavy atom. The van der Waals surface area contributed by atoms with Gasteiger partial charge in [-0.05, 0) is 48.9 Å². The molecule has 2 amide bonds. The van der Waals surface area contributed by atoms with Crippen molar-refractivity contribution in [3.05, 3.63) is 72.3 Å². The van der Waals surface area contributed by atoms with E-state index in [0.29, 0.717) is 5.56 Å². The van der Waals surface area contributed by atoms with Crippen LogP contribution in [-0.4, -0.2) is 33.0 Å². The lowest BCUT2D eigenvalue weighted by Crippen LogP contribution is -2.37. The van der Waals surface area contributed by atoms with E-state index in [1.54, 1.807) is 24.3 Å². The van der Waals surface area contributed by atoms with Gasteiger partial charge in [0.15, 0.2) is 0 Å². The highest BCUT2D eigenvalue weighted by Gasteiger charge is 2.16. The lowest BCUT2D eigenvalue weighted by atomic mass is 10.2. The highest BCUT2D eigenvalue weighted by molar-refractivity contribution is 7.87. The number of nitrogens with one attached hydrogen (secondary N) is 2. The average molecular weight is 401 g/mol. The first-order valence-electron chi connectivity index (χ1n) is 8.15. The number of carbonyl (C=O) groups excluding carboxylic acids is 2. The van der Waals surface area contributed by atoms with Crippen molar-refractivity contribution in [3.8, 4) is 5.75 Å². The van der Waals surface area contributed by atoms with Gasteiger partial charge in [0.1, 0.15) is 10.6 Å². The lowest BCUT2D eigenvalue weighted by Gasteiger charge is -2.07. The number of aryl methyl sites for hydroxylation is 1. The van der Waals surface area contributed by atoms with Crippen molar-refractivity contribution in [2.24, 2.45) is 5.10 Å². The summed E-state index contributed by atoms with van der Waals surface area (Å²) in [6, 6.07) is 12.3. The van der Waals surface area contributed by atoms with E-state index in [1.807, 2.05) is 6.92 Å². The Morgan fingerprint density at radius 2 is 1.71 bits per heavy atom. The number of carbonyl (C=O) groups is 2. The van der Waals surface area contributed by atoms with Crippen molar-refractivity contribution < 1.29 is 22.2 Å². The van der Waals surface area contributed by atoms with Crippen LogP contribution in [0.2, 0.25) is 0 Å². The van der Waals surface area contributed by atoms with E-state index < -0.39 is 21.9 Å². The number of nitrogens with zero attached hydrogens (tertiary/aromatic N) is 1. The first kappa shape index (κ1) is 20.8. The summed E-state index contributed by atoms with van der Waals surface area (Å²) in [5.41, 5.74) is 3.58.